The van der Waals surface area contributed by atoms with Gasteiger partial charge in [0, 0.05) is 17.1 Å². The molecule has 5 heteroatoms. The fraction of sp³-hybridized carbons (Fsp3) is 0.571. The third kappa shape index (κ3) is 3.80. The van der Waals surface area contributed by atoms with Crippen LogP contribution in [-0.4, -0.2) is 25.3 Å². The Hall–Kier alpha value is -0.390. The number of hydrogen-bond acceptors (Lipinski definition) is 2. The molecule has 0 amide bonds. The summed E-state index contributed by atoms with van der Waals surface area (Å²) in [5, 5.41) is 0. The number of benzene rings is 1. The lowest BCUT2D eigenvalue weighted by Gasteiger charge is -2.22. The van der Waals surface area contributed by atoms with Crippen molar-refractivity contribution in [3.8, 4) is 0 Å². The van der Waals surface area contributed by atoms with Crippen LogP contribution in [-0.2, 0) is 10.0 Å². The summed E-state index contributed by atoms with van der Waals surface area (Å²) in [5.41, 5.74) is 0. The second kappa shape index (κ2) is 5.94. The average Bonchev–Trinajstić information content (AvgIpc) is 3.13. The lowest BCUT2D eigenvalue weighted by molar-refractivity contribution is 0.373. The van der Waals surface area contributed by atoms with Crippen LogP contribution in [0.25, 0.3) is 0 Å². The molecule has 0 aliphatic heterocycles. The van der Waals surface area contributed by atoms with Gasteiger partial charge in [-0.05, 0) is 49.4 Å². The smallest absolute Gasteiger partial charge is 0.207 e. The number of hydrogen-bond donors (Lipinski definition) is 0. The van der Waals surface area contributed by atoms with Gasteiger partial charge >= 0.3 is 0 Å². The Morgan fingerprint density at radius 1 is 1.26 bits per heavy atom. The number of halogens is 1. The molecule has 1 aliphatic carbocycles. The first-order valence-corrected chi connectivity index (χ1v) is 8.92. The molecule has 1 saturated carbocycles. The molecular formula is C14H20BrNO2S. The van der Waals surface area contributed by atoms with E-state index in [1.54, 1.807) is 28.6 Å². The first-order chi connectivity index (χ1) is 8.91. The molecule has 0 atom stereocenters. The van der Waals surface area contributed by atoms with Gasteiger partial charge in [-0.25, -0.2) is 8.42 Å². The van der Waals surface area contributed by atoms with Crippen LogP contribution in [0.4, 0.5) is 0 Å². The largest absolute Gasteiger partial charge is 0.243 e. The first-order valence-electron chi connectivity index (χ1n) is 6.68. The summed E-state index contributed by atoms with van der Waals surface area (Å²) in [7, 11) is -3.34. The Balaban J connectivity index is 2.21. The third-order valence-corrected chi connectivity index (χ3v) is 5.80. The molecule has 19 heavy (non-hydrogen) atoms. The Labute approximate surface area is 124 Å². The SMILES string of the molecule is CC(C)CCN(C1CC1)S(=O)(=O)c1ccc(Br)cc1. The molecule has 1 aromatic carbocycles. The van der Waals surface area contributed by atoms with Crippen molar-refractivity contribution >= 4 is 26.0 Å². The van der Waals surface area contributed by atoms with E-state index in [0.29, 0.717) is 17.4 Å². The molecule has 3 nitrogen and oxygen atoms in total. The second-order valence-corrected chi connectivity index (χ2v) is 8.29. The predicted molar refractivity (Wildman–Crippen MR) is 80.5 cm³/mol. The van der Waals surface area contributed by atoms with Crippen LogP contribution in [0, 0.1) is 5.92 Å². The molecule has 0 aromatic heterocycles. The summed E-state index contributed by atoms with van der Waals surface area (Å²) in [5.74, 6) is 0.515. The van der Waals surface area contributed by atoms with Gasteiger partial charge in [-0.15, -0.1) is 0 Å². The molecule has 0 bridgehead atoms. The average molecular weight is 346 g/mol. The number of nitrogens with zero attached hydrogens (tertiary/aromatic N) is 1. The summed E-state index contributed by atoms with van der Waals surface area (Å²) in [6.07, 6.45) is 2.90. The number of sulfonamides is 1. The van der Waals surface area contributed by atoms with E-state index in [-0.39, 0.29) is 6.04 Å². The van der Waals surface area contributed by atoms with Crippen LogP contribution in [0.5, 0.6) is 0 Å². The molecule has 0 heterocycles. The van der Waals surface area contributed by atoms with Gasteiger partial charge in [0.05, 0.1) is 4.90 Å². The molecule has 1 fully saturated rings. The van der Waals surface area contributed by atoms with Crippen molar-refractivity contribution in [2.24, 2.45) is 5.92 Å². The van der Waals surface area contributed by atoms with Crippen LogP contribution in [0.3, 0.4) is 0 Å². The molecule has 1 aliphatic rings. The Morgan fingerprint density at radius 3 is 2.32 bits per heavy atom. The van der Waals surface area contributed by atoms with E-state index in [9.17, 15) is 8.42 Å². The van der Waals surface area contributed by atoms with Crippen molar-refractivity contribution in [1.82, 2.24) is 4.31 Å². The van der Waals surface area contributed by atoms with Gasteiger partial charge in [0.2, 0.25) is 10.0 Å². The fourth-order valence-corrected chi connectivity index (χ4v) is 3.95. The lowest BCUT2D eigenvalue weighted by atomic mass is 10.1. The van der Waals surface area contributed by atoms with Gasteiger partial charge in [-0.2, -0.15) is 4.31 Å². The van der Waals surface area contributed by atoms with Gasteiger partial charge in [0.1, 0.15) is 0 Å². The van der Waals surface area contributed by atoms with Crippen molar-refractivity contribution in [3.63, 3.8) is 0 Å². The summed E-state index contributed by atoms with van der Waals surface area (Å²) < 4.78 is 27.9. The van der Waals surface area contributed by atoms with Crippen molar-refractivity contribution in [2.75, 3.05) is 6.54 Å². The van der Waals surface area contributed by atoms with E-state index in [1.165, 1.54) is 0 Å². The van der Waals surface area contributed by atoms with E-state index >= 15 is 0 Å². The summed E-state index contributed by atoms with van der Waals surface area (Å²) in [6, 6.07) is 7.11. The zero-order valence-corrected chi connectivity index (χ0v) is 13.7. The molecular weight excluding hydrogens is 326 g/mol. The summed E-state index contributed by atoms with van der Waals surface area (Å²) in [4.78, 5) is 0.395. The minimum atomic E-state index is -3.34. The molecule has 1 aromatic rings. The molecule has 0 radical (unpaired) electrons. The monoisotopic (exact) mass is 345 g/mol. The van der Waals surface area contributed by atoms with Gasteiger partial charge < -0.3 is 0 Å². The summed E-state index contributed by atoms with van der Waals surface area (Å²) in [6.45, 7) is 4.87. The van der Waals surface area contributed by atoms with Crippen LogP contribution < -0.4 is 0 Å². The molecule has 0 unspecified atom stereocenters. The minimum absolute atomic E-state index is 0.215. The predicted octanol–water partition coefficient (Wildman–Crippen LogP) is 3.65. The van der Waals surface area contributed by atoms with E-state index < -0.39 is 10.0 Å². The van der Waals surface area contributed by atoms with Gasteiger partial charge in [-0.1, -0.05) is 29.8 Å². The zero-order chi connectivity index (χ0) is 14.0. The third-order valence-electron chi connectivity index (χ3n) is 3.30. The second-order valence-electron chi connectivity index (χ2n) is 5.48. The van der Waals surface area contributed by atoms with Crippen LogP contribution in [0.15, 0.2) is 33.6 Å². The van der Waals surface area contributed by atoms with Crippen LogP contribution in [0.2, 0.25) is 0 Å². The maximum absolute atomic E-state index is 12.6. The minimum Gasteiger partial charge on any atom is -0.207 e. The Morgan fingerprint density at radius 2 is 1.84 bits per heavy atom. The summed E-state index contributed by atoms with van der Waals surface area (Å²) >= 11 is 3.33. The zero-order valence-electron chi connectivity index (χ0n) is 11.3. The van der Waals surface area contributed by atoms with E-state index in [1.807, 2.05) is 0 Å². The quantitative estimate of drug-likeness (QED) is 0.789. The molecule has 0 spiro atoms. The van der Waals surface area contributed by atoms with E-state index in [0.717, 1.165) is 23.7 Å². The molecule has 0 N–H and O–H groups in total. The lowest BCUT2D eigenvalue weighted by Crippen LogP contribution is -2.34. The number of rotatable bonds is 6. The molecule has 0 saturated heterocycles. The standard InChI is InChI=1S/C14H20BrNO2S/c1-11(2)9-10-16(13-5-6-13)19(17,18)14-7-3-12(15)4-8-14/h3-4,7-8,11,13H,5-6,9-10H2,1-2H3. The van der Waals surface area contributed by atoms with E-state index in [2.05, 4.69) is 29.8 Å². The molecule has 2 rings (SSSR count). The highest BCUT2D eigenvalue weighted by atomic mass is 79.9. The van der Waals surface area contributed by atoms with Crippen molar-refractivity contribution in [3.05, 3.63) is 28.7 Å². The fourth-order valence-electron chi connectivity index (χ4n) is 1.99. The first kappa shape index (κ1) is 15.0. The molecule has 106 valence electrons. The maximum Gasteiger partial charge on any atom is 0.243 e. The highest BCUT2D eigenvalue weighted by Crippen LogP contribution is 2.32. The van der Waals surface area contributed by atoms with Crippen LogP contribution >= 0.6 is 15.9 Å². The van der Waals surface area contributed by atoms with Crippen molar-refractivity contribution in [1.29, 1.82) is 0 Å². The highest BCUT2D eigenvalue weighted by molar-refractivity contribution is 9.10. The topological polar surface area (TPSA) is 37.4 Å². The maximum atomic E-state index is 12.6. The van der Waals surface area contributed by atoms with Crippen molar-refractivity contribution in [2.45, 2.75) is 44.0 Å². The van der Waals surface area contributed by atoms with E-state index in [4.69, 9.17) is 0 Å². The normalized spacial score (nSPS) is 16.3. The van der Waals surface area contributed by atoms with Crippen LogP contribution in [0.1, 0.15) is 33.1 Å². The Bertz CT molecular complexity index is 521. The van der Waals surface area contributed by atoms with Gasteiger partial charge in [0.25, 0.3) is 0 Å². The Kier molecular flexibility index (Phi) is 4.69. The van der Waals surface area contributed by atoms with Gasteiger partial charge in [-0.3, -0.25) is 0 Å². The van der Waals surface area contributed by atoms with Crippen molar-refractivity contribution < 1.29 is 8.42 Å². The highest BCUT2D eigenvalue weighted by Gasteiger charge is 2.37. The van der Waals surface area contributed by atoms with Gasteiger partial charge in [0.15, 0.2) is 0 Å².